The van der Waals surface area contributed by atoms with Crippen molar-refractivity contribution in [3.8, 4) is 22.8 Å². The van der Waals surface area contributed by atoms with Crippen LogP contribution in [0.15, 0.2) is 30.9 Å². The average molecular weight is 529 g/mol. The number of anilines is 1. The van der Waals surface area contributed by atoms with Crippen molar-refractivity contribution in [2.45, 2.75) is 24.4 Å². The number of rotatable bonds is 3. The first kappa shape index (κ1) is 24.0. The highest BCUT2D eigenvalue weighted by Crippen LogP contribution is 2.49. The summed E-state index contributed by atoms with van der Waals surface area (Å²) in [7, 11) is 0. The number of aromatic hydroxyl groups is 1. The Hall–Kier alpha value is -3.37. The monoisotopic (exact) mass is 528 g/mol. The van der Waals surface area contributed by atoms with E-state index in [1.807, 2.05) is 4.90 Å². The molecule has 1 spiro atoms. The Morgan fingerprint density at radius 1 is 1.27 bits per heavy atom. The zero-order valence-electron chi connectivity index (χ0n) is 20.1. The minimum Gasteiger partial charge on any atom is -0.507 e. The van der Waals surface area contributed by atoms with Gasteiger partial charge in [0.25, 0.3) is 5.91 Å². The lowest BCUT2D eigenvalue weighted by Gasteiger charge is -2.46. The number of phenolic OH excluding ortho intramolecular Hbond substituents is 1. The Morgan fingerprint density at radius 2 is 2.08 bits per heavy atom. The third kappa shape index (κ3) is 3.65. The first-order valence-corrected chi connectivity index (χ1v) is 12.6. The number of halogens is 2. The maximum Gasteiger partial charge on any atom is 0.261 e. The molecule has 9 nitrogen and oxygen atoms in total. The second-order valence-electron chi connectivity index (χ2n) is 9.86. The van der Waals surface area contributed by atoms with Crippen molar-refractivity contribution in [1.82, 2.24) is 14.8 Å². The molecule has 0 radical (unpaired) electrons. The molecule has 3 saturated heterocycles. The van der Waals surface area contributed by atoms with Gasteiger partial charge in [-0.2, -0.15) is 0 Å². The fourth-order valence-corrected chi connectivity index (χ4v) is 6.08. The van der Waals surface area contributed by atoms with E-state index in [4.69, 9.17) is 26.1 Å². The molecule has 0 aliphatic carbocycles. The van der Waals surface area contributed by atoms with Crippen molar-refractivity contribution in [2.75, 3.05) is 50.9 Å². The van der Waals surface area contributed by atoms with Crippen molar-refractivity contribution in [3.05, 3.63) is 47.3 Å². The topological polar surface area (TPSA) is 95.4 Å². The van der Waals surface area contributed by atoms with Crippen molar-refractivity contribution in [2.24, 2.45) is 0 Å². The molecule has 4 aliphatic rings. The van der Waals surface area contributed by atoms with Crippen molar-refractivity contribution in [3.63, 3.8) is 0 Å². The number of ether oxygens (including phenoxy) is 2. The normalized spacial score (nSPS) is 22.2. The first-order chi connectivity index (χ1) is 17.8. The van der Waals surface area contributed by atoms with Crippen molar-refractivity contribution >= 4 is 29.2 Å². The largest absolute Gasteiger partial charge is 0.507 e. The summed E-state index contributed by atoms with van der Waals surface area (Å²) in [6, 6.07) is 3.55. The molecule has 0 saturated carbocycles. The summed E-state index contributed by atoms with van der Waals surface area (Å²) in [5.74, 6) is -1.09. The summed E-state index contributed by atoms with van der Waals surface area (Å²) in [5, 5.41) is 10.5. The van der Waals surface area contributed by atoms with Crippen LogP contribution in [-0.2, 0) is 9.53 Å². The molecule has 0 unspecified atom stereocenters. The zero-order valence-corrected chi connectivity index (χ0v) is 20.8. The Kier molecular flexibility index (Phi) is 5.76. The number of amides is 2. The van der Waals surface area contributed by atoms with Crippen molar-refractivity contribution in [1.29, 1.82) is 0 Å². The number of hydrogen-bond acceptors (Lipinski definition) is 7. The molecule has 3 fully saturated rings. The van der Waals surface area contributed by atoms with Gasteiger partial charge in [0.2, 0.25) is 5.91 Å². The molecule has 194 valence electrons. The highest BCUT2D eigenvalue weighted by molar-refractivity contribution is 6.35. The van der Waals surface area contributed by atoms with Gasteiger partial charge in [-0.05, 0) is 31.1 Å². The third-order valence-electron chi connectivity index (χ3n) is 7.76. The van der Waals surface area contributed by atoms with Gasteiger partial charge in [0.15, 0.2) is 5.75 Å². The van der Waals surface area contributed by atoms with Crippen LogP contribution in [0.25, 0.3) is 11.3 Å². The van der Waals surface area contributed by atoms with Crippen LogP contribution in [0.1, 0.15) is 23.2 Å². The molecule has 1 aromatic heterocycles. The van der Waals surface area contributed by atoms with E-state index in [2.05, 4.69) is 6.58 Å². The molecular formula is C26H26ClFN4O5. The summed E-state index contributed by atoms with van der Waals surface area (Å²) >= 11 is 6.78. The molecule has 5 heterocycles. The second-order valence-corrected chi connectivity index (χ2v) is 10.2. The molecule has 37 heavy (non-hydrogen) atoms. The number of fused-ring (bicyclic) bond motifs is 2. The summed E-state index contributed by atoms with van der Waals surface area (Å²) in [6.07, 6.45) is 3.00. The molecule has 2 amide bonds. The molecule has 1 N–H and O–H groups in total. The van der Waals surface area contributed by atoms with Crippen LogP contribution in [-0.4, -0.2) is 89.3 Å². The second kappa shape index (κ2) is 8.88. The van der Waals surface area contributed by atoms with Gasteiger partial charge < -0.3 is 29.3 Å². The Bertz CT molecular complexity index is 1300. The summed E-state index contributed by atoms with van der Waals surface area (Å²) in [4.78, 5) is 36.5. The molecule has 0 bridgehead atoms. The van der Waals surface area contributed by atoms with Gasteiger partial charge in [-0.25, -0.2) is 9.37 Å². The maximum atomic E-state index is 15.0. The van der Waals surface area contributed by atoms with E-state index in [1.165, 1.54) is 24.3 Å². The predicted molar refractivity (Wildman–Crippen MR) is 134 cm³/mol. The summed E-state index contributed by atoms with van der Waals surface area (Å²) in [5.41, 5.74) is -0.256. The van der Waals surface area contributed by atoms with E-state index >= 15 is 0 Å². The molecule has 2 aromatic rings. The number of benzene rings is 1. The first-order valence-electron chi connectivity index (χ1n) is 12.3. The van der Waals surface area contributed by atoms with E-state index in [0.717, 1.165) is 12.8 Å². The molecule has 1 atom stereocenters. The fraction of sp³-hybridized carbons (Fsp3) is 0.423. The number of carbonyl (C=O) groups excluding carboxylic acids is 2. The van der Waals surface area contributed by atoms with E-state index in [1.54, 1.807) is 9.80 Å². The van der Waals surface area contributed by atoms with Gasteiger partial charge >= 0.3 is 0 Å². The Morgan fingerprint density at radius 3 is 2.78 bits per heavy atom. The fourth-order valence-electron chi connectivity index (χ4n) is 5.79. The van der Waals surface area contributed by atoms with Crippen molar-refractivity contribution < 1.29 is 28.6 Å². The maximum absolute atomic E-state index is 15.0. The lowest BCUT2D eigenvalue weighted by atomic mass is 9.93. The van der Waals surface area contributed by atoms with Gasteiger partial charge in [-0.1, -0.05) is 24.2 Å². The average Bonchev–Trinajstić information content (AvgIpc) is 3.27. The smallest absolute Gasteiger partial charge is 0.261 e. The predicted octanol–water partition coefficient (Wildman–Crippen LogP) is 2.85. The number of hydrogen-bond donors (Lipinski definition) is 1. The van der Waals surface area contributed by atoms with Crippen LogP contribution >= 0.6 is 11.6 Å². The minimum absolute atomic E-state index is 0.00411. The minimum atomic E-state index is -0.695. The summed E-state index contributed by atoms with van der Waals surface area (Å²) < 4.78 is 26.7. The molecular weight excluding hydrogens is 503 g/mol. The van der Waals surface area contributed by atoms with Gasteiger partial charge in [-0.3, -0.25) is 9.59 Å². The quantitative estimate of drug-likeness (QED) is 0.612. The number of aromatic nitrogens is 1. The van der Waals surface area contributed by atoms with Crippen LogP contribution in [0.4, 0.5) is 10.2 Å². The van der Waals surface area contributed by atoms with E-state index in [9.17, 15) is 19.1 Å². The SMILES string of the molecule is C=CC(=O)N1CCN2C(=O)c3c(N4CCCC45COC5)nc(-c4c(O)cccc4F)c(Cl)c3OC[C@H]2C1. The van der Waals surface area contributed by atoms with Crippen LogP contribution in [0, 0.1) is 5.82 Å². The van der Waals surface area contributed by atoms with Crippen LogP contribution < -0.4 is 9.64 Å². The lowest BCUT2D eigenvalue weighted by Crippen LogP contribution is -2.60. The van der Waals surface area contributed by atoms with Gasteiger partial charge in [0, 0.05) is 26.2 Å². The highest BCUT2D eigenvalue weighted by Gasteiger charge is 2.50. The zero-order chi connectivity index (χ0) is 25.9. The molecule has 11 heteroatoms. The van der Waals surface area contributed by atoms with Gasteiger partial charge in [0.1, 0.15) is 40.3 Å². The van der Waals surface area contributed by atoms with E-state index in [-0.39, 0.29) is 63.8 Å². The van der Waals surface area contributed by atoms with E-state index < -0.39 is 11.9 Å². The van der Waals surface area contributed by atoms with E-state index in [0.29, 0.717) is 38.7 Å². The van der Waals surface area contributed by atoms with Crippen LogP contribution in [0.3, 0.4) is 0 Å². The third-order valence-corrected chi connectivity index (χ3v) is 8.11. The number of pyridine rings is 1. The number of phenols is 1. The van der Waals surface area contributed by atoms with Gasteiger partial charge in [-0.15, -0.1) is 0 Å². The molecule has 1 aromatic carbocycles. The number of nitrogens with zero attached hydrogens (tertiary/aromatic N) is 4. The number of carbonyl (C=O) groups is 2. The highest BCUT2D eigenvalue weighted by atomic mass is 35.5. The van der Waals surface area contributed by atoms with Crippen LogP contribution in [0.2, 0.25) is 5.02 Å². The Labute approximate surface area is 218 Å². The van der Waals surface area contributed by atoms with Crippen LogP contribution in [0.5, 0.6) is 11.5 Å². The standard InChI is InChI=1S/C26H26ClFN4O5/c1-2-18(34)30-9-10-31-15(11-30)12-37-23-20(25(31)35)24(32-8-4-7-26(32)13-36-14-26)29-22(21(23)27)19-16(28)5-3-6-17(19)33/h2-3,5-6,15,33H,1,4,7-14H2/t15-/m1/s1. The lowest BCUT2D eigenvalue weighted by molar-refractivity contribution is -0.128. The van der Waals surface area contributed by atoms with Gasteiger partial charge in [0.05, 0.1) is 30.4 Å². The molecule has 6 rings (SSSR count). The Balaban J connectivity index is 1.52. The molecule has 4 aliphatic heterocycles. The number of piperazine rings is 1. The summed E-state index contributed by atoms with van der Waals surface area (Å²) in [6.45, 7) is 6.22.